The Kier molecular flexibility index (Phi) is 7.46. The molecule has 2 aliphatic heterocycles. The number of amides is 1. The third-order valence-electron chi connectivity index (χ3n) is 6.31. The van der Waals surface area contributed by atoms with Crippen molar-refractivity contribution in [3.8, 4) is 0 Å². The average molecular weight is 518 g/mol. The van der Waals surface area contributed by atoms with Crippen LogP contribution in [0.25, 0.3) is 12.2 Å². The van der Waals surface area contributed by atoms with Gasteiger partial charge >= 0.3 is 0 Å². The number of nitrogens with zero attached hydrogens (tertiary/aromatic N) is 2. The molecule has 2 aliphatic rings. The number of carbonyl (C=O) groups excluding carboxylic acids is 1. The molecule has 1 amide bonds. The molecule has 10 heteroatoms. The molecule has 2 aromatic rings. The summed E-state index contributed by atoms with van der Waals surface area (Å²) >= 11 is 0. The van der Waals surface area contributed by atoms with Crippen LogP contribution in [-0.4, -0.2) is 57.5 Å². The predicted octanol–water partition coefficient (Wildman–Crippen LogP) is 3.69. The second-order valence-corrected chi connectivity index (χ2v) is 12.8. The summed E-state index contributed by atoms with van der Waals surface area (Å²) in [6.07, 6.45) is 6.57. The van der Waals surface area contributed by atoms with Gasteiger partial charge in [0, 0.05) is 38.8 Å². The molecule has 4 rings (SSSR count). The second-order valence-electron chi connectivity index (χ2n) is 9.03. The zero-order chi connectivity index (χ0) is 25.2. The number of carbonyl (C=O) groups is 1. The molecule has 0 aliphatic carbocycles. The van der Waals surface area contributed by atoms with Gasteiger partial charge in [0.25, 0.3) is 0 Å². The number of nitrogens with one attached hydrogen (secondary N) is 1. The summed E-state index contributed by atoms with van der Waals surface area (Å²) in [4.78, 5) is 11.8. The van der Waals surface area contributed by atoms with Gasteiger partial charge in [-0.3, -0.25) is 4.79 Å². The van der Waals surface area contributed by atoms with E-state index in [-0.39, 0.29) is 15.7 Å². The Labute approximate surface area is 207 Å². The van der Waals surface area contributed by atoms with Crippen molar-refractivity contribution in [3.63, 3.8) is 0 Å². The minimum Gasteiger partial charge on any atom is -0.326 e. The van der Waals surface area contributed by atoms with Crippen LogP contribution < -0.4 is 5.32 Å². The molecule has 0 atom stereocenters. The highest BCUT2D eigenvalue weighted by atomic mass is 32.2. The fourth-order valence-electron chi connectivity index (χ4n) is 4.49. The van der Waals surface area contributed by atoms with Gasteiger partial charge in [-0.2, -0.15) is 8.61 Å². The lowest BCUT2D eigenvalue weighted by Crippen LogP contribution is -2.28. The Morgan fingerprint density at radius 3 is 1.71 bits per heavy atom. The molecule has 0 aromatic heterocycles. The summed E-state index contributed by atoms with van der Waals surface area (Å²) in [6, 6.07) is 9.98. The quantitative estimate of drug-likeness (QED) is 0.564. The van der Waals surface area contributed by atoms with E-state index >= 15 is 0 Å². The van der Waals surface area contributed by atoms with E-state index in [0.717, 1.165) is 31.2 Å². The van der Waals surface area contributed by atoms with Crippen molar-refractivity contribution in [2.24, 2.45) is 0 Å². The normalized spacial score (nSPS) is 17.9. The Morgan fingerprint density at radius 2 is 1.23 bits per heavy atom. The van der Waals surface area contributed by atoms with Crippen LogP contribution >= 0.6 is 0 Å². The molecule has 0 spiro atoms. The minimum absolute atomic E-state index is 0.0814. The van der Waals surface area contributed by atoms with Crippen molar-refractivity contribution in [1.82, 2.24) is 8.61 Å². The summed E-state index contributed by atoms with van der Waals surface area (Å²) in [6.45, 7) is 5.11. The monoisotopic (exact) mass is 517 g/mol. The number of hydrogen-bond acceptors (Lipinski definition) is 5. The van der Waals surface area contributed by atoms with Crippen molar-refractivity contribution in [2.75, 3.05) is 31.5 Å². The molecule has 8 nitrogen and oxygen atoms in total. The minimum atomic E-state index is -3.79. The Balaban J connectivity index is 1.77. The molecule has 35 heavy (non-hydrogen) atoms. The van der Waals surface area contributed by atoms with E-state index in [2.05, 4.69) is 5.32 Å². The van der Waals surface area contributed by atoms with Crippen LogP contribution in [0, 0.1) is 6.92 Å². The molecule has 188 valence electrons. The summed E-state index contributed by atoms with van der Waals surface area (Å²) in [5, 5.41) is 2.64. The molecular formula is C25H31N3O5S2. The zero-order valence-electron chi connectivity index (χ0n) is 20.0. The lowest BCUT2D eigenvalue weighted by atomic mass is 10.1. The van der Waals surface area contributed by atoms with Gasteiger partial charge < -0.3 is 5.32 Å². The van der Waals surface area contributed by atoms with Gasteiger partial charge in [-0.1, -0.05) is 30.4 Å². The van der Waals surface area contributed by atoms with Crippen LogP contribution in [0.1, 0.15) is 49.3 Å². The van der Waals surface area contributed by atoms with E-state index in [1.165, 1.54) is 21.6 Å². The van der Waals surface area contributed by atoms with E-state index in [0.29, 0.717) is 43.0 Å². The highest BCUT2D eigenvalue weighted by molar-refractivity contribution is 7.89. The summed E-state index contributed by atoms with van der Waals surface area (Å²) in [7, 11) is -7.45. The van der Waals surface area contributed by atoms with Gasteiger partial charge in [-0.15, -0.1) is 0 Å². The highest BCUT2D eigenvalue weighted by Gasteiger charge is 2.30. The molecule has 0 saturated carbocycles. The molecule has 2 aromatic carbocycles. The van der Waals surface area contributed by atoms with Crippen molar-refractivity contribution in [2.45, 2.75) is 49.3 Å². The van der Waals surface area contributed by atoms with E-state index in [4.69, 9.17) is 0 Å². The van der Waals surface area contributed by atoms with E-state index in [9.17, 15) is 21.6 Å². The van der Waals surface area contributed by atoms with Crippen molar-refractivity contribution in [1.29, 1.82) is 0 Å². The first-order valence-corrected chi connectivity index (χ1v) is 14.7. The molecule has 0 unspecified atom stereocenters. The first-order valence-electron chi connectivity index (χ1n) is 11.8. The van der Waals surface area contributed by atoms with Crippen molar-refractivity contribution < 1.29 is 21.6 Å². The Morgan fingerprint density at radius 1 is 0.771 bits per heavy atom. The molecule has 2 saturated heterocycles. The maximum absolute atomic E-state index is 13.4. The maximum atomic E-state index is 13.4. The van der Waals surface area contributed by atoms with Gasteiger partial charge in [-0.05, 0) is 67.5 Å². The van der Waals surface area contributed by atoms with E-state index < -0.39 is 20.0 Å². The van der Waals surface area contributed by atoms with Crippen LogP contribution in [0.15, 0.2) is 46.2 Å². The fourth-order valence-corrected chi connectivity index (χ4v) is 8.01. The lowest BCUT2D eigenvalue weighted by molar-refractivity contribution is -0.114. The molecule has 0 radical (unpaired) electrons. The SMILES string of the molecule is CC(=O)Nc1ccc(/C=C/c2ccc(C)cc2S(=O)(=O)N2CCCC2)c(S(=O)(=O)N2CCCC2)c1. The van der Waals surface area contributed by atoms with Crippen molar-refractivity contribution in [3.05, 3.63) is 53.1 Å². The van der Waals surface area contributed by atoms with Gasteiger partial charge in [0.1, 0.15) is 0 Å². The maximum Gasteiger partial charge on any atom is 0.243 e. The largest absolute Gasteiger partial charge is 0.326 e. The summed E-state index contributed by atoms with van der Waals surface area (Å²) in [5.41, 5.74) is 2.14. The highest BCUT2D eigenvalue weighted by Crippen LogP contribution is 2.30. The topological polar surface area (TPSA) is 104 Å². The predicted molar refractivity (Wildman–Crippen MR) is 137 cm³/mol. The van der Waals surface area contributed by atoms with Gasteiger partial charge in [0.15, 0.2) is 0 Å². The van der Waals surface area contributed by atoms with Gasteiger partial charge in [0.2, 0.25) is 26.0 Å². The Hall–Kier alpha value is -2.53. The van der Waals surface area contributed by atoms with Crippen molar-refractivity contribution >= 4 is 43.8 Å². The third-order valence-corrected chi connectivity index (χ3v) is 10.2. The number of anilines is 1. The number of sulfonamides is 2. The molecular weight excluding hydrogens is 486 g/mol. The van der Waals surface area contributed by atoms with Crippen LogP contribution in [0.3, 0.4) is 0 Å². The average Bonchev–Trinajstić information content (AvgIpc) is 3.53. The first-order chi connectivity index (χ1) is 16.6. The van der Waals surface area contributed by atoms with E-state index in [1.807, 2.05) is 13.0 Å². The molecule has 2 heterocycles. The fraction of sp³-hybridized carbons (Fsp3) is 0.400. The number of hydrogen-bond donors (Lipinski definition) is 1. The van der Waals surface area contributed by atoms with E-state index in [1.54, 1.807) is 36.4 Å². The third kappa shape index (κ3) is 5.50. The Bertz CT molecular complexity index is 1360. The van der Waals surface area contributed by atoms with Crippen LogP contribution in [0.5, 0.6) is 0 Å². The summed E-state index contributed by atoms with van der Waals surface area (Å²) < 4.78 is 56.4. The number of rotatable bonds is 7. The zero-order valence-corrected chi connectivity index (χ0v) is 21.7. The second kappa shape index (κ2) is 10.2. The standard InChI is InChI=1S/C25H31N3O5S2/c1-19-7-8-21(24(17-19)34(30,31)27-13-3-4-14-27)9-10-22-11-12-23(26-20(2)29)18-25(22)35(32,33)28-15-5-6-16-28/h7-12,17-18H,3-6,13-16H2,1-2H3,(H,26,29)/b10-9+. The first kappa shape index (κ1) is 25.6. The van der Waals surface area contributed by atoms with Crippen LogP contribution in [0.4, 0.5) is 5.69 Å². The number of aryl methyl sites for hydroxylation is 1. The summed E-state index contributed by atoms with van der Waals surface area (Å²) in [5.74, 6) is -0.297. The molecule has 0 bridgehead atoms. The van der Waals surface area contributed by atoms with Crippen LogP contribution in [-0.2, 0) is 24.8 Å². The number of benzene rings is 2. The smallest absolute Gasteiger partial charge is 0.243 e. The molecule has 2 fully saturated rings. The molecule has 1 N–H and O–H groups in total. The van der Waals surface area contributed by atoms with Gasteiger partial charge in [0.05, 0.1) is 9.79 Å². The van der Waals surface area contributed by atoms with Gasteiger partial charge in [-0.25, -0.2) is 16.8 Å². The lowest BCUT2D eigenvalue weighted by Gasteiger charge is -2.19. The van der Waals surface area contributed by atoms with Crippen LogP contribution in [0.2, 0.25) is 0 Å².